The van der Waals surface area contributed by atoms with Gasteiger partial charge in [0.1, 0.15) is 5.82 Å². The van der Waals surface area contributed by atoms with Crippen molar-refractivity contribution in [3.63, 3.8) is 0 Å². The fourth-order valence-corrected chi connectivity index (χ4v) is 4.90. The largest absolute Gasteiger partial charge is 0.396 e. The van der Waals surface area contributed by atoms with Crippen molar-refractivity contribution < 1.29 is 14.3 Å². The zero-order chi connectivity index (χ0) is 20.4. The van der Waals surface area contributed by atoms with Gasteiger partial charge in [0, 0.05) is 41.0 Å². The van der Waals surface area contributed by atoms with Gasteiger partial charge in [-0.15, -0.1) is 0 Å². The number of aromatic nitrogens is 1. The van der Waals surface area contributed by atoms with Crippen LogP contribution < -0.4 is 0 Å². The number of benzene rings is 1. The SMILES string of the molecule is O=C(c1ccc(Cl)cc1F)N(C1CC1)[C@H]1CC[C@](CCO)(c2ccccn2)CC1. The summed E-state index contributed by atoms with van der Waals surface area (Å²) in [6, 6.07) is 10.5. The Morgan fingerprint density at radius 2 is 1.90 bits per heavy atom. The second-order valence-electron chi connectivity index (χ2n) is 8.27. The summed E-state index contributed by atoms with van der Waals surface area (Å²) in [5, 5.41) is 9.95. The van der Waals surface area contributed by atoms with Crippen LogP contribution in [-0.4, -0.2) is 39.6 Å². The molecule has 0 aliphatic heterocycles. The van der Waals surface area contributed by atoms with Gasteiger partial charge in [0.05, 0.1) is 5.56 Å². The van der Waals surface area contributed by atoms with E-state index in [1.165, 1.54) is 12.1 Å². The van der Waals surface area contributed by atoms with Crippen LogP contribution in [0.5, 0.6) is 0 Å². The van der Waals surface area contributed by atoms with Crippen LogP contribution in [-0.2, 0) is 5.41 Å². The van der Waals surface area contributed by atoms with E-state index in [1.54, 1.807) is 12.3 Å². The molecule has 1 N–H and O–H groups in total. The molecule has 2 fully saturated rings. The molecule has 1 heterocycles. The van der Waals surface area contributed by atoms with Gasteiger partial charge in [0.2, 0.25) is 0 Å². The lowest BCUT2D eigenvalue weighted by Gasteiger charge is -2.43. The van der Waals surface area contributed by atoms with Gasteiger partial charge in [-0.05, 0) is 75.3 Å². The molecule has 0 spiro atoms. The monoisotopic (exact) mass is 416 g/mol. The van der Waals surface area contributed by atoms with E-state index in [4.69, 9.17) is 11.6 Å². The lowest BCUT2D eigenvalue weighted by Crippen LogP contribution is -2.47. The number of halogens is 2. The fourth-order valence-electron chi connectivity index (χ4n) is 4.74. The van der Waals surface area contributed by atoms with Crippen molar-refractivity contribution in [2.75, 3.05) is 6.61 Å². The molecular formula is C23H26ClFN2O2. The van der Waals surface area contributed by atoms with Crippen molar-refractivity contribution >= 4 is 17.5 Å². The van der Waals surface area contributed by atoms with E-state index in [9.17, 15) is 14.3 Å². The van der Waals surface area contributed by atoms with E-state index in [-0.39, 0.29) is 35.6 Å². The minimum absolute atomic E-state index is 0.0839. The number of hydrogen-bond donors (Lipinski definition) is 1. The Labute approximate surface area is 175 Å². The predicted octanol–water partition coefficient (Wildman–Crippen LogP) is 4.74. The third-order valence-electron chi connectivity index (χ3n) is 6.44. The van der Waals surface area contributed by atoms with Gasteiger partial charge in [0.25, 0.3) is 5.91 Å². The maximum absolute atomic E-state index is 14.4. The van der Waals surface area contributed by atoms with Gasteiger partial charge in [-0.1, -0.05) is 17.7 Å². The minimum atomic E-state index is -0.563. The molecule has 2 aromatic rings. The van der Waals surface area contributed by atoms with E-state index < -0.39 is 5.82 Å². The summed E-state index contributed by atoms with van der Waals surface area (Å²) in [5.74, 6) is -0.800. The molecule has 154 valence electrons. The number of nitrogens with zero attached hydrogens (tertiary/aromatic N) is 2. The van der Waals surface area contributed by atoms with Crippen LogP contribution in [0.4, 0.5) is 4.39 Å². The zero-order valence-corrected chi connectivity index (χ0v) is 17.1. The number of amides is 1. The first-order chi connectivity index (χ1) is 14.0. The van der Waals surface area contributed by atoms with Crippen LogP contribution in [0.15, 0.2) is 42.6 Å². The molecule has 0 unspecified atom stereocenters. The first kappa shape index (κ1) is 20.3. The summed E-state index contributed by atoms with van der Waals surface area (Å²) < 4.78 is 14.4. The minimum Gasteiger partial charge on any atom is -0.396 e. The third-order valence-corrected chi connectivity index (χ3v) is 6.68. The Hall–Kier alpha value is -1.98. The lowest BCUT2D eigenvalue weighted by atomic mass is 9.68. The van der Waals surface area contributed by atoms with Crippen molar-refractivity contribution in [3.8, 4) is 0 Å². The molecule has 2 saturated carbocycles. The second-order valence-corrected chi connectivity index (χ2v) is 8.70. The molecule has 0 saturated heterocycles. The Morgan fingerprint density at radius 1 is 1.17 bits per heavy atom. The molecule has 1 aromatic heterocycles. The van der Waals surface area contributed by atoms with Crippen molar-refractivity contribution in [1.29, 1.82) is 0 Å². The van der Waals surface area contributed by atoms with Gasteiger partial charge in [-0.2, -0.15) is 0 Å². The highest BCUT2D eigenvalue weighted by Crippen LogP contribution is 2.44. The van der Waals surface area contributed by atoms with E-state index in [0.717, 1.165) is 44.2 Å². The summed E-state index contributed by atoms with van der Waals surface area (Å²) in [6.07, 6.45) is 7.77. The number of pyridine rings is 1. The molecule has 4 nitrogen and oxygen atoms in total. The summed E-state index contributed by atoms with van der Waals surface area (Å²) in [7, 11) is 0. The molecule has 4 rings (SSSR count). The standard InChI is InChI=1S/C23H26ClFN2O2/c24-16-4-7-19(20(25)15-16)22(29)27(17-5-6-17)18-8-10-23(11-9-18,12-14-28)21-3-1-2-13-26-21/h1-4,7,13,15,17-18,28H,5-6,8-12,14H2/t18-,23-. The van der Waals surface area contributed by atoms with Crippen molar-refractivity contribution in [2.45, 2.75) is 62.4 Å². The summed E-state index contributed by atoms with van der Waals surface area (Å²) in [6.45, 7) is 0.114. The van der Waals surface area contributed by atoms with Gasteiger partial charge >= 0.3 is 0 Å². The maximum Gasteiger partial charge on any atom is 0.257 e. The maximum atomic E-state index is 14.4. The second kappa shape index (κ2) is 8.41. The molecule has 1 amide bonds. The van der Waals surface area contributed by atoms with Gasteiger partial charge in [-0.3, -0.25) is 9.78 Å². The Kier molecular flexibility index (Phi) is 5.88. The molecule has 2 aliphatic carbocycles. The van der Waals surface area contributed by atoms with Crippen LogP contribution in [0.25, 0.3) is 0 Å². The summed E-state index contributed by atoms with van der Waals surface area (Å²) >= 11 is 5.85. The fraction of sp³-hybridized carbons (Fsp3) is 0.478. The summed E-state index contributed by atoms with van der Waals surface area (Å²) in [5.41, 5.74) is 0.954. The molecule has 6 heteroatoms. The smallest absolute Gasteiger partial charge is 0.257 e. The van der Waals surface area contributed by atoms with E-state index in [0.29, 0.717) is 11.4 Å². The van der Waals surface area contributed by atoms with Crippen LogP contribution in [0.2, 0.25) is 5.02 Å². The predicted molar refractivity (Wildman–Crippen MR) is 110 cm³/mol. The quantitative estimate of drug-likeness (QED) is 0.739. The van der Waals surface area contributed by atoms with Gasteiger partial charge < -0.3 is 10.0 Å². The van der Waals surface area contributed by atoms with Crippen molar-refractivity contribution in [2.24, 2.45) is 0 Å². The molecule has 0 radical (unpaired) electrons. The van der Waals surface area contributed by atoms with Crippen molar-refractivity contribution in [1.82, 2.24) is 9.88 Å². The number of carbonyl (C=O) groups excluding carboxylic acids is 1. The molecular weight excluding hydrogens is 391 g/mol. The normalized spacial score (nSPS) is 24.3. The number of rotatable bonds is 6. The first-order valence-corrected chi connectivity index (χ1v) is 10.7. The Balaban J connectivity index is 1.54. The highest BCUT2D eigenvalue weighted by Gasteiger charge is 2.44. The van der Waals surface area contributed by atoms with Gasteiger partial charge in [0.15, 0.2) is 0 Å². The van der Waals surface area contributed by atoms with E-state index in [2.05, 4.69) is 4.98 Å². The summed E-state index contributed by atoms with van der Waals surface area (Å²) in [4.78, 5) is 19.7. The average Bonchev–Trinajstić information content (AvgIpc) is 3.55. The number of hydrogen-bond acceptors (Lipinski definition) is 3. The Morgan fingerprint density at radius 3 is 2.48 bits per heavy atom. The number of carbonyl (C=O) groups is 1. The molecule has 2 aliphatic rings. The van der Waals surface area contributed by atoms with E-state index >= 15 is 0 Å². The molecule has 29 heavy (non-hydrogen) atoms. The average molecular weight is 417 g/mol. The first-order valence-electron chi connectivity index (χ1n) is 10.3. The number of aliphatic hydroxyl groups excluding tert-OH is 1. The van der Waals surface area contributed by atoms with Crippen LogP contribution in [0.3, 0.4) is 0 Å². The van der Waals surface area contributed by atoms with Crippen LogP contribution >= 0.6 is 11.6 Å². The molecule has 1 aromatic carbocycles. The van der Waals surface area contributed by atoms with Crippen LogP contribution in [0, 0.1) is 5.82 Å². The zero-order valence-electron chi connectivity index (χ0n) is 16.4. The molecule has 0 bridgehead atoms. The van der Waals surface area contributed by atoms with Crippen LogP contribution in [0.1, 0.15) is 61.0 Å². The van der Waals surface area contributed by atoms with Crippen molar-refractivity contribution in [3.05, 3.63) is 64.7 Å². The number of aliphatic hydroxyl groups is 1. The molecule has 0 atom stereocenters. The highest BCUT2D eigenvalue weighted by molar-refractivity contribution is 6.30. The van der Waals surface area contributed by atoms with Gasteiger partial charge in [-0.25, -0.2) is 4.39 Å². The Bertz CT molecular complexity index is 864. The lowest BCUT2D eigenvalue weighted by molar-refractivity contribution is 0.0544. The van der Waals surface area contributed by atoms with E-state index in [1.807, 2.05) is 23.1 Å². The topological polar surface area (TPSA) is 53.4 Å². The highest BCUT2D eigenvalue weighted by atomic mass is 35.5. The third kappa shape index (κ3) is 4.17.